The van der Waals surface area contributed by atoms with Gasteiger partial charge in [0.2, 0.25) is 11.8 Å². The van der Waals surface area contributed by atoms with E-state index >= 15 is 0 Å². The van der Waals surface area contributed by atoms with Crippen molar-refractivity contribution in [2.24, 2.45) is 10.8 Å². The van der Waals surface area contributed by atoms with E-state index in [0.717, 1.165) is 0 Å². The Morgan fingerprint density at radius 3 is 1.95 bits per heavy atom. The SMILES string of the molecule is N#C[C@@]12C(=O)NC(=O)[C@]1(C#N)C2c1ccc(F)cc1. The molecule has 2 amide bonds. The molecule has 1 heterocycles. The molecule has 1 aromatic rings. The smallest absolute Gasteiger partial charge is 0.250 e. The number of carbonyl (C=O) groups excluding carboxylic acids is 2. The summed E-state index contributed by atoms with van der Waals surface area (Å²) in [5.41, 5.74) is -2.93. The third-order valence-electron chi connectivity index (χ3n) is 3.90. The highest BCUT2D eigenvalue weighted by Gasteiger charge is 2.90. The maximum absolute atomic E-state index is 12.9. The highest BCUT2D eigenvalue weighted by Crippen LogP contribution is 2.76. The third kappa shape index (κ3) is 0.984. The Hall–Kier alpha value is -2.73. The zero-order valence-electron chi connectivity index (χ0n) is 9.48. The van der Waals surface area contributed by atoms with Crippen molar-refractivity contribution in [3.8, 4) is 12.1 Å². The number of piperidine rings is 1. The largest absolute Gasteiger partial charge is 0.293 e. The van der Waals surface area contributed by atoms with E-state index in [-0.39, 0.29) is 0 Å². The summed E-state index contributed by atoms with van der Waals surface area (Å²) in [4.78, 5) is 23.6. The molecule has 2 aliphatic rings. The first-order valence-corrected chi connectivity index (χ1v) is 5.48. The quantitative estimate of drug-likeness (QED) is 0.743. The second-order valence-corrected chi connectivity index (χ2v) is 4.61. The molecule has 0 radical (unpaired) electrons. The summed E-state index contributed by atoms with van der Waals surface area (Å²) in [6.07, 6.45) is 0. The van der Waals surface area contributed by atoms with Gasteiger partial charge in [-0.25, -0.2) is 4.39 Å². The molecule has 0 aromatic heterocycles. The van der Waals surface area contributed by atoms with Crippen LogP contribution in [-0.4, -0.2) is 11.8 Å². The maximum Gasteiger partial charge on any atom is 0.250 e. The van der Waals surface area contributed by atoms with Crippen molar-refractivity contribution in [2.75, 3.05) is 0 Å². The lowest BCUT2D eigenvalue weighted by molar-refractivity contribution is -0.128. The summed E-state index contributed by atoms with van der Waals surface area (Å²) in [5, 5.41) is 20.5. The molecular weight excluding hydrogens is 249 g/mol. The molecule has 5 nitrogen and oxygen atoms in total. The summed E-state index contributed by atoms with van der Waals surface area (Å²) < 4.78 is 12.9. The van der Waals surface area contributed by atoms with Gasteiger partial charge in [-0.3, -0.25) is 14.9 Å². The Morgan fingerprint density at radius 2 is 1.53 bits per heavy atom. The number of nitrogens with zero attached hydrogens (tertiary/aromatic N) is 2. The van der Waals surface area contributed by atoms with Crippen LogP contribution in [0.5, 0.6) is 0 Å². The summed E-state index contributed by atoms with van der Waals surface area (Å²) in [7, 11) is 0. The molecule has 92 valence electrons. The van der Waals surface area contributed by atoms with Crippen molar-refractivity contribution < 1.29 is 14.0 Å². The average Bonchev–Trinajstić information content (AvgIpc) is 2.97. The monoisotopic (exact) mass is 255 g/mol. The predicted molar refractivity (Wildman–Crippen MR) is 58.4 cm³/mol. The van der Waals surface area contributed by atoms with Gasteiger partial charge in [-0.15, -0.1) is 0 Å². The first-order chi connectivity index (χ1) is 9.04. The second kappa shape index (κ2) is 3.18. The van der Waals surface area contributed by atoms with Gasteiger partial charge in [0.1, 0.15) is 5.82 Å². The Morgan fingerprint density at radius 1 is 1.05 bits per heavy atom. The van der Waals surface area contributed by atoms with Crippen molar-refractivity contribution >= 4 is 11.8 Å². The zero-order chi connectivity index (χ0) is 13.8. The van der Waals surface area contributed by atoms with Gasteiger partial charge in [0.15, 0.2) is 10.8 Å². The number of halogens is 1. The Bertz CT molecular complexity index is 662. The van der Waals surface area contributed by atoms with Crippen LogP contribution in [0.4, 0.5) is 4.39 Å². The number of hydrogen-bond donors (Lipinski definition) is 1. The van der Waals surface area contributed by atoms with Gasteiger partial charge >= 0.3 is 0 Å². The first kappa shape index (κ1) is 11.4. The fraction of sp³-hybridized carbons (Fsp3) is 0.231. The Balaban J connectivity index is 2.18. The van der Waals surface area contributed by atoms with Crippen LogP contribution in [0.3, 0.4) is 0 Å². The fourth-order valence-electron chi connectivity index (χ4n) is 2.96. The number of fused-ring (bicyclic) bond motifs is 1. The lowest BCUT2D eigenvalue weighted by Crippen LogP contribution is -2.31. The number of imide groups is 1. The van der Waals surface area contributed by atoms with E-state index in [1.807, 2.05) is 5.32 Å². The van der Waals surface area contributed by atoms with E-state index in [0.29, 0.717) is 5.56 Å². The molecule has 1 saturated heterocycles. The molecule has 1 aliphatic carbocycles. The van der Waals surface area contributed by atoms with E-state index in [1.54, 1.807) is 12.1 Å². The first-order valence-electron chi connectivity index (χ1n) is 5.48. The van der Waals surface area contributed by atoms with E-state index in [1.165, 1.54) is 24.3 Å². The minimum atomic E-state index is -1.68. The zero-order valence-corrected chi connectivity index (χ0v) is 9.48. The number of amides is 2. The van der Waals surface area contributed by atoms with Crippen LogP contribution in [-0.2, 0) is 9.59 Å². The molecule has 0 spiro atoms. The number of benzene rings is 1. The van der Waals surface area contributed by atoms with E-state index < -0.39 is 34.4 Å². The van der Waals surface area contributed by atoms with Gasteiger partial charge in [-0.1, -0.05) is 12.1 Å². The van der Waals surface area contributed by atoms with Crippen LogP contribution in [0.2, 0.25) is 0 Å². The van der Waals surface area contributed by atoms with Crippen molar-refractivity contribution in [1.29, 1.82) is 10.5 Å². The standard InChI is InChI=1S/C13H6FN3O2/c14-8-3-1-7(2-4-8)9-12(5-15)10(18)17-11(19)13(9,12)6-16/h1-4,9H,(H,17,18,19)/t9?,12-,13+. The lowest BCUT2D eigenvalue weighted by Gasteiger charge is -2.07. The highest BCUT2D eigenvalue weighted by molar-refractivity contribution is 6.19. The number of hydrogen-bond acceptors (Lipinski definition) is 4. The summed E-state index contributed by atoms with van der Waals surface area (Å²) in [6, 6.07) is 8.71. The Kier molecular flexibility index (Phi) is 1.90. The van der Waals surface area contributed by atoms with Crippen molar-refractivity contribution in [3.05, 3.63) is 35.6 Å². The molecule has 1 unspecified atom stereocenters. The van der Waals surface area contributed by atoms with Crippen LogP contribution in [0, 0.1) is 39.3 Å². The topological polar surface area (TPSA) is 93.8 Å². The molecule has 1 aliphatic heterocycles. The summed E-state index contributed by atoms with van der Waals surface area (Å²) >= 11 is 0. The van der Waals surface area contributed by atoms with Crippen LogP contribution in [0.1, 0.15) is 11.5 Å². The second-order valence-electron chi connectivity index (χ2n) is 4.61. The summed E-state index contributed by atoms with van der Waals surface area (Å²) in [5.74, 6) is -2.81. The number of rotatable bonds is 1. The fourth-order valence-corrected chi connectivity index (χ4v) is 2.96. The molecule has 19 heavy (non-hydrogen) atoms. The number of nitrogens with one attached hydrogen (secondary N) is 1. The van der Waals surface area contributed by atoms with Gasteiger partial charge in [0.25, 0.3) is 0 Å². The van der Waals surface area contributed by atoms with Gasteiger partial charge < -0.3 is 0 Å². The molecule has 2 fully saturated rings. The highest BCUT2D eigenvalue weighted by atomic mass is 19.1. The molecule has 6 heteroatoms. The summed E-state index contributed by atoms with van der Waals surface area (Å²) in [6.45, 7) is 0. The van der Waals surface area contributed by atoms with Crippen LogP contribution >= 0.6 is 0 Å². The molecule has 0 bridgehead atoms. The molecule has 3 atom stereocenters. The van der Waals surface area contributed by atoms with Crippen molar-refractivity contribution in [1.82, 2.24) is 5.32 Å². The minimum Gasteiger partial charge on any atom is -0.293 e. The van der Waals surface area contributed by atoms with E-state index in [2.05, 4.69) is 0 Å². The number of carbonyl (C=O) groups is 2. The molecule has 1 saturated carbocycles. The third-order valence-corrected chi connectivity index (χ3v) is 3.90. The van der Waals surface area contributed by atoms with Gasteiger partial charge in [0, 0.05) is 5.92 Å². The maximum atomic E-state index is 12.9. The molecule has 1 N–H and O–H groups in total. The molecule has 1 aromatic carbocycles. The van der Waals surface area contributed by atoms with Gasteiger partial charge in [-0.2, -0.15) is 10.5 Å². The Labute approximate surface area is 107 Å². The van der Waals surface area contributed by atoms with Gasteiger partial charge in [0.05, 0.1) is 12.1 Å². The van der Waals surface area contributed by atoms with Crippen LogP contribution in [0.25, 0.3) is 0 Å². The van der Waals surface area contributed by atoms with Crippen molar-refractivity contribution in [3.63, 3.8) is 0 Å². The minimum absolute atomic E-state index is 0.438. The van der Waals surface area contributed by atoms with E-state index in [9.17, 15) is 24.5 Å². The molecule has 3 rings (SSSR count). The average molecular weight is 255 g/mol. The van der Waals surface area contributed by atoms with Crippen LogP contribution in [0.15, 0.2) is 24.3 Å². The van der Waals surface area contributed by atoms with Crippen LogP contribution < -0.4 is 5.32 Å². The van der Waals surface area contributed by atoms with Gasteiger partial charge in [-0.05, 0) is 17.7 Å². The lowest BCUT2D eigenvalue weighted by atomic mass is 9.98. The van der Waals surface area contributed by atoms with E-state index in [4.69, 9.17) is 0 Å². The molecular formula is C13H6FN3O2. The number of nitriles is 2. The van der Waals surface area contributed by atoms with Crippen molar-refractivity contribution in [2.45, 2.75) is 5.92 Å². The normalized spacial score (nSPS) is 35.0. The predicted octanol–water partition coefficient (Wildman–Crippen LogP) is 0.599.